The molecule has 0 saturated carbocycles. The fraction of sp³-hybridized carbons (Fsp3) is 0.667. The summed E-state index contributed by atoms with van der Waals surface area (Å²) < 4.78 is 22.0. The maximum absolute atomic E-state index is 10.8. The molecule has 0 N–H and O–H groups in total. The topological polar surface area (TPSA) is 59.9 Å². The second-order valence-electron chi connectivity index (χ2n) is 2.63. The van der Waals surface area contributed by atoms with Crippen LogP contribution in [0, 0.1) is 0 Å². The first-order valence-electron chi connectivity index (χ1n) is 3.71. The Kier molecular flexibility index (Phi) is 4.62. The van der Waals surface area contributed by atoms with Crippen LogP contribution in [0.3, 0.4) is 0 Å². The van der Waals surface area contributed by atoms with Crippen molar-refractivity contribution in [3.8, 4) is 0 Å². The molecule has 0 aliphatic heterocycles. The lowest BCUT2D eigenvalue weighted by molar-refractivity contribution is 0.603. The third-order valence-electron chi connectivity index (χ3n) is 1.27. The molecule has 80 valence electrons. The monoisotopic (exact) mass is 272 g/mol. The number of rotatable bonds is 5. The summed E-state index contributed by atoms with van der Waals surface area (Å²) in [5.74, 6) is 1.44. The number of sulfone groups is 1. The molecule has 0 bridgehead atoms. The van der Waals surface area contributed by atoms with Crippen molar-refractivity contribution in [1.29, 1.82) is 0 Å². The molecule has 0 spiro atoms. The zero-order valence-electron chi connectivity index (χ0n) is 7.43. The van der Waals surface area contributed by atoms with E-state index in [1.807, 2.05) is 0 Å². The molecule has 1 heterocycles. The summed E-state index contributed by atoms with van der Waals surface area (Å²) in [7, 11) is -2.85. The minimum absolute atomic E-state index is 0.199. The van der Waals surface area contributed by atoms with Gasteiger partial charge < -0.3 is 0 Å². The van der Waals surface area contributed by atoms with Gasteiger partial charge in [0.2, 0.25) is 4.47 Å². The molecule has 1 aromatic heterocycles. The Morgan fingerprint density at radius 2 is 2.21 bits per heavy atom. The van der Waals surface area contributed by atoms with Crippen molar-refractivity contribution >= 4 is 44.5 Å². The summed E-state index contributed by atoms with van der Waals surface area (Å²) in [6.07, 6.45) is 1.23. The van der Waals surface area contributed by atoms with Gasteiger partial charge in [-0.05, 0) is 11.6 Å². The molecule has 14 heavy (non-hydrogen) atoms. The van der Waals surface area contributed by atoms with Crippen LogP contribution in [0.1, 0.15) is 5.01 Å². The number of thioether (sulfide) groups is 1. The predicted octanol–water partition coefficient (Wildman–Crippen LogP) is 1.47. The molecule has 0 radical (unpaired) electrons. The lowest BCUT2D eigenvalue weighted by Gasteiger charge is -1.96. The van der Waals surface area contributed by atoms with E-state index in [0.29, 0.717) is 16.0 Å². The number of nitrogens with zero attached hydrogens (tertiary/aromatic N) is 2. The van der Waals surface area contributed by atoms with E-state index in [2.05, 4.69) is 10.2 Å². The van der Waals surface area contributed by atoms with Gasteiger partial charge in [0, 0.05) is 17.8 Å². The fourth-order valence-corrected chi connectivity index (χ4v) is 3.87. The normalized spacial score (nSPS) is 11.9. The van der Waals surface area contributed by atoms with Crippen molar-refractivity contribution < 1.29 is 8.42 Å². The van der Waals surface area contributed by atoms with Crippen LogP contribution in [0.4, 0.5) is 0 Å². The molecule has 0 aliphatic carbocycles. The first kappa shape index (κ1) is 12.2. The lowest BCUT2D eigenvalue weighted by Crippen LogP contribution is -2.05. The Morgan fingerprint density at radius 1 is 1.50 bits per heavy atom. The molecule has 1 rings (SSSR count). The van der Waals surface area contributed by atoms with Crippen LogP contribution in [-0.2, 0) is 15.6 Å². The van der Waals surface area contributed by atoms with Gasteiger partial charge in [-0.15, -0.1) is 10.2 Å². The number of halogens is 1. The molecular weight excluding hydrogens is 264 g/mol. The zero-order chi connectivity index (χ0) is 10.6. The largest absolute Gasteiger partial charge is 0.229 e. The first-order valence-corrected chi connectivity index (χ1v) is 8.12. The van der Waals surface area contributed by atoms with Crippen molar-refractivity contribution in [2.45, 2.75) is 5.75 Å². The average molecular weight is 273 g/mol. The molecule has 1 aromatic rings. The van der Waals surface area contributed by atoms with Gasteiger partial charge in [-0.3, -0.25) is 0 Å². The molecule has 4 nitrogen and oxygen atoms in total. The maximum atomic E-state index is 10.8. The van der Waals surface area contributed by atoms with E-state index in [1.165, 1.54) is 29.4 Å². The highest BCUT2D eigenvalue weighted by Gasteiger charge is 2.04. The van der Waals surface area contributed by atoms with Crippen molar-refractivity contribution in [1.82, 2.24) is 10.2 Å². The SMILES string of the molecule is CS(=O)(=O)CCSCc1nnc(Cl)s1. The van der Waals surface area contributed by atoms with Gasteiger partial charge in [0.25, 0.3) is 0 Å². The summed E-state index contributed by atoms with van der Waals surface area (Å²) >= 11 is 8.42. The first-order chi connectivity index (χ1) is 6.47. The molecule has 8 heteroatoms. The van der Waals surface area contributed by atoms with Gasteiger partial charge in [-0.2, -0.15) is 11.8 Å². The van der Waals surface area contributed by atoms with Crippen LogP contribution < -0.4 is 0 Å². The number of aromatic nitrogens is 2. The van der Waals surface area contributed by atoms with Crippen LogP contribution in [0.15, 0.2) is 0 Å². The summed E-state index contributed by atoms with van der Waals surface area (Å²) in [6, 6.07) is 0. The second kappa shape index (κ2) is 5.29. The Bertz CT molecular complexity index is 390. The van der Waals surface area contributed by atoms with Crippen LogP contribution >= 0.6 is 34.7 Å². The summed E-state index contributed by atoms with van der Waals surface area (Å²) in [4.78, 5) is 0. The predicted molar refractivity (Wildman–Crippen MR) is 60.8 cm³/mol. The molecule has 0 aromatic carbocycles. The number of hydrogen-bond acceptors (Lipinski definition) is 6. The minimum atomic E-state index is -2.85. The highest BCUT2D eigenvalue weighted by molar-refractivity contribution is 8.00. The molecule has 0 fully saturated rings. The Labute approximate surface area is 96.0 Å². The summed E-state index contributed by atoms with van der Waals surface area (Å²) in [6.45, 7) is 0. The van der Waals surface area contributed by atoms with Gasteiger partial charge in [-0.1, -0.05) is 11.3 Å². The maximum Gasteiger partial charge on any atom is 0.207 e. The van der Waals surface area contributed by atoms with E-state index in [-0.39, 0.29) is 5.75 Å². The molecule has 0 atom stereocenters. The zero-order valence-corrected chi connectivity index (χ0v) is 10.6. The third kappa shape index (κ3) is 5.14. The van der Waals surface area contributed by atoms with Crippen LogP contribution in [0.25, 0.3) is 0 Å². The molecule has 0 amide bonds. The van der Waals surface area contributed by atoms with E-state index in [1.54, 1.807) is 0 Å². The number of hydrogen-bond donors (Lipinski definition) is 0. The van der Waals surface area contributed by atoms with Gasteiger partial charge >= 0.3 is 0 Å². The van der Waals surface area contributed by atoms with Crippen LogP contribution in [-0.4, -0.2) is 36.4 Å². The fourth-order valence-electron chi connectivity index (χ4n) is 0.661. The van der Waals surface area contributed by atoms with E-state index in [4.69, 9.17) is 11.6 Å². The summed E-state index contributed by atoms with van der Waals surface area (Å²) in [5.41, 5.74) is 0. The van der Waals surface area contributed by atoms with E-state index in [0.717, 1.165) is 5.01 Å². The van der Waals surface area contributed by atoms with E-state index < -0.39 is 9.84 Å². The second-order valence-corrected chi connectivity index (χ2v) is 7.64. The highest BCUT2D eigenvalue weighted by Crippen LogP contribution is 2.19. The van der Waals surface area contributed by atoms with Crippen molar-refractivity contribution in [3.05, 3.63) is 9.47 Å². The van der Waals surface area contributed by atoms with Crippen LogP contribution in [0.5, 0.6) is 0 Å². The quantitative estimate of drug-likeness (QED) is 0.760. The van der Waals surface area contributed by atoms with Crippen LogP contribution in [0.2, 0.25) is 4.47 Å². The molecule has 0 unspecified atom stereocenters. The van der Waals surface area contributed by atoms with Crippen molar-refractivity contribution in [3.63, 3.8) is 0 Å². The molecule has 0 saturated heterocycles. The van der Waals surface area contributed by atoms with Gasteiger partial charge in [-0.25, -0.2) is 8.42 Å². The smallest absolute Gasteiger partial charge is 0.207 e. The van der Waals surface area contributed by atoms with E-state index >= 15 is 0 Å². The molecule has 0 aliphatic rings. The average Bonchev–Trinajstić information content (AvgIpc) is 2.44. The summed E-state index contributed by atoms with van der Waals surface area (Å²) in [5, 5.41) is 8.29. The Morgan fingerprint density at radius 3 is 2.71 bits per heavy atom. The minimum Gasteiger partial charge on any atom is -0.229 e. The van der Waals surface area contributed by atoms with Crippen molar-refractivity contribution in [2.24, 2.45) is 0 Å². The van der Waals surface area contributed by atoms with Crippen molar-refractivity contribution in [2.75, 3.05) is 17.8 Å². The lowest BCUT2D eigenvalue weighted by atomic mass is 10.8. The van der Waals surface area contributed by atoms with E-state index in [9.17, 15) is 8.42 Å². The van der Waals surface area contributed by atoms with Gasteiger partial charge in [0.15, 0.2) is 0 Å². The Hall–Kier alpha value is 0.150. The third-order valence-corrected chi connectivity index (χ3v) is 4.64. The molecular formula is C6H9ClN2O2S3. The highest BCUT2D eigenvalue weighted by atomic mass is 35.5. The standard InChI is InChI=1S/C6H9ClN2O2S3/c1-14(10,11)3-2-12-4-5-8-9-6(7)13-5/h2-4H2,1H3. The van der Waals surface area contributed by atoms with Gasteiger partial charge in [0.1, 0.15) is 14.8 Å². The Balaban J connectivity index is 2.23. The van der Waals surface area contributed by atoms with Gasteiger partial charge in [0.05, 0.1) is 5.75 Å².